The highest BCUT2D eigenvalue weighted by Gasteiger charge is 2.30. The molecule has 0 aliphatic carbocycles. The summed E-state index contributed by atoms with van der Waals surface area (Å²) in [5.74, 6) is -1.85. The number of Topliss-reactive ketones (excluding diaryl/α,β-unsaturated/α-hetero) is 1. The molecule has 1 aromatic heterocycles. The first-order valence-corrected chi connectivity index (χ1v) is 6.60. The van der Waals surface area contributed by atoms with Gasteiger partial charge in [0.15, 0.2) is 11.5 Å². The normalized spacial score (nSPS) is 16.2. The Morgan fingerprint density at radius 3 is 3.05 bits per heavy atom. The molecule has 110 valence electrons. The quantitative estimate of drug-likeness (QED) is 0.598. The van der Waals surface area contributed by atoms with Crippen LogP contribution in [-0.4, -0.2) is 21.3 Å². The zero-order valence-corrected chi connectivity index (χ0v) is 11.7. The lowest BCUT2D eigenvalue weighted by Gasteiger charge is -2.08. The van der Waals surface area contributed by atoms with Crippen molar-refractivity contribution in [3.63, 3.8) is 0 Å². The zero-order chi connectivity index (χ0) is 15.9. The minimum Gasteiger partial charge on any atom is -0.368 e. The van der Waals surface area contributed by atoms with Gasteiger partial charge in [-0.1, -0.05) is 13.3 Å². The van der Waals surface area contributed by atoms with Gasteiger partial charge in [0.05, 0.1) is 11.4 Å². The fourth-order valence-electron chi connectivity index (χ4n) is 2.61. The van der Waals surface area contributed by atoms with Crippen LogP contribution in [0.3, 0.4) is 0 Å². The number of hydrogen-bond donors (Lipinski definition) is 0. The molecule has 0 saturated carbocycles. The molecule has 0 N–H and O–H groups in total. The third kappa shape index (κ3) is 2.07. The van der Waals surface area contributed by atoms with E-state index in [0.29, 0.717) is 11.4 Å². The molecule has 0 amide bonds. The SMILES string of the molecule is C#COC(=O)c1ncn2c1CC(C)C(=O)c1cc(F)ccc1-2. The minimum atomic E-state index is -0.749. The maximum Gasteiger partial charge on any atom is 0.372 e. The lowest BCUT2D eigenvalue weighted by molar-refractivity contribution is 0.0682. The Morgan fingerprint density at radius 1 is 1.55 bits per heavy atom. The van der Waals surface area contributed by atoms with E-state index in [1.165, 1.54) is 24.5 Å². The summed E-state index contributed by atoms with van der Waals surface area (Å²) in [6, 6.07) is 3.94. The Labute approximate surface area is 125 Å². The number of benzene rings is 1. The van der Waals surface area contributed by atoms with Gasteiger partial charge in [-0.2, -0.15) is 0 Å². The summed E-state index contributed by atoms with van der Waals surface area (Å²) >= 11 is 0. The van der Waals surface area contributed by atoms with Crippen LogP contribution in [0.2, 0.25) is 0 Å². The second kappa shape index (κ2) is 5.11. The molecule has 22 heavy (non-hydrogen) atoms. The van der Waals surface area contributed by atoms with Crippen LogP contribution in [0.15, 0.2) is 24.5 Å². The number of esters is 1. The number of rotatable bonds is 1. The van der Waals surface area contributed by atoms with Crippen LogP contribution in [0.1, 0.15) is 33.5 Å². The number of imidazole rings is 1. The van der Waals surface area contributed by atoms with Crippen LogP contribution >= 0.6 is 0 Å². The maximum absolute atomic E-state index is 13.5. The van der Waals surface area contributed by atoms with Crippen LogP contribution in [-0.2, 0) is 11.2 Å². The van der Waals surface area contributed by atoms with E-state index in [0.717, 1.165) is 0 Å². The Balaban J connectivity index is 2.22. The van der Waals surface area contributed by atoms with Crippen molar-refractivity contribution in [1.29, 1.82) is 0 Å². The Hall–Kier alpha value is -2.94. The van der Waals surface area contributed by atoms with Crippen molar-refractivity contribution >= 4 is 11.8 Å². The van der Waals surface area contributed by atoms with Crippen LogP contribution in [0, 0.1) is 24.3 Å². The van der Waals surface area contributed by atoms with Gasteiger partial charge in [0.2, 0.25) is 0 Å². The van der Waals surface area contributed by atoms with E-state index >= 15 is 0 Å². The summed E-state index contributed by atoms with van der Waals surface area (Å²) < 4.78 is 19.6. The van der Waals surface area contributed by atoms with Crippen molar-refractivity contribution in [2.24, 2.45) is 5.92 Å². The second-order valence-electron chi connectivity index (χ2n) is 5.05. The molecule has 1 atom stereocenters. The van der Waals surface area contributed by atoms with Crippen molar-refractivity contribution in [3.05, 3.63) is 47.3 Å². The van der Waals surface area contributed by atoms with Crippen LogP contribution in [0.4, 0.5) is 4.39 Å². The number of hydrogen-bond acceptors (Lipinski definition) is 4. The molecular weight excluding hydrogens is 287 g/mol. The Morgan fingerprint density at radius 2 is 2.32 bits per heavy atom. The molecule has 6 heteroatoms. The number of terminal acetylenes is 1. The summed E-state index contributed by atoms with van der Waals surface area (Å²) in [7, 11) is 0. The lowest BCUT2D eigenvalue weighted by atomic mass is 9.95. The molecule has 1 aliphatic rings. The monoisotopic (exact) mass is 298 g/mol. The highest BCUT2D eigenvalue weighted by atomic mass is 19.1. The van der Waals surface area contributed by atoms with Gasteiger partial charge in [-0.05, 0) is 18.2 Å². The van der Waals surface area contributed by atoms with Crippen LogP contribution in [0.25, 0.3) is 5.69 Å². The Kier molecular flexibility index (Phi) is 3.26. The number of fused-ring (bicyclic) bond motifs is 3. The van der Waals surface area contributed by atoms with E-state index in [2.05, 4.69) is 9.72 Å². The fourth-order valence-corrected chi connectivity index (χ4v) is 2.61. The minimum absolute atomic E-state index is 0.0646. The molecule has 1 unspecified atom stereocenters. The van der Waals surface area contributed by atoms with Crippen molar-refractivity contribution in [3.8, 4) is 18.2 Å². The van der Waals surface area contributed by atoms with Gasteiger partial charge in [-0.25, -0.2) is 14.2 Å². The average Bonchev–Trinajstić information content (AvgIpc) is 2.86. The number of carbonyl (C=O) groups excluding carboxylic acids is 2. The van der Waals surface area contributed by atoms with Crippen molar-refractivity contribution < 1.29 is 18.7 Å². The number of ether oxygens (including phenoxy) is 1. The highest BCUT2D eigenvalue weighted by molar-refractivity contribution is 6.02. The predicted molar refractivity (Wildman–Crippen MR) is 75.0 cm³/mol. The molecule has 3 rings (SSSR count). The molecule has 0 fully saturated rings. The fraction of sp³-hybridized carbons (Fsp3) is 0.188. The summed E-state index contributed by atoms with van der Waals surface area (Å²) in [5, 5.41) is 0. The number of halogens is 1. The van der Waals surface area contributed by atoms with E-state index < -0.39 is 17.7 Å². The summed E-state index contributed by atoms with van der Waals surface area (Å²) in [6.45, 7) is 1.72. The van der Waals surface area contributed by atoms with Gasteiger partial charge >= 0.3 is 5.97 Å². The highest BCUT2D eigenvalue weighted by Crippen LogP contribution is 2.29. The summed E-state index contributed by atoms with van der Waals surface area (Å²) in [4.78, 5) is 28.3. The maximum atomic E-state index is 13.5. The second-order valence-corrected chi connectivity index (χ2v) is 5.05. The van der Waals surface area contributed by atoms with Gasteiger partial charge in [0.1, 0.15) is 18.3 Å². The Bertz CT molecular complexity index is 832. The van der Waals surface area contributed by atoms with Crippen molar-refractivity contribution in [2.45, 2.75) is 13.3 Å². The van der Waals surface area contributed by atoms with E-state index in [1.54, 1.807) is 11.5 Å². The van der Waals surface area contributed by atoms with E-state index in [9.17, 15) is 14.0 Å². The number of nitrogens with zero attached hydrogens (tertiary/aromatic N) is 2. The molecule has 2 aromatic rings. The van der Waals surface area contributed by atoms with E-state index in [-0.39, 0.29) is 23.5 Å². The number of carbonyl (C=O) groups is 2. The molecule has 1 aliphatic heterocycles. The first-order chi connectivity index (χ1) is 10.5. The molecule has 0 bridgehead atoms. The summed E-state index contributed by atoms with van der Waals surface area (Å²) in [6.07, 6.45) is 8.46. The molecule has 5 nitrogen and oxygen atoms in total. The lowest BCUT2D eigenvalue weighted by Crippen LogP contribution is -2.14. The average molecular weight is 298 g/mol. The smallest absolute Gasteiger partial charge is 0.368 e. The predicted octanol–water partition coefficient (Wildman–Crippen LogP) is 2.13. The topological polar surface area (TPSA) is 61.2 Å². The molecule has 2 heterocycles. The first-order valence-electron chi connectivity index (χ1n) is 6.60. The van der Waals surface area contributed by atoms with E-state index in [4.69, 9.17) is 6.42 Å². The number of ketones is 1. The molecule has 1 aromatic carbocycles. The van der Waals surface area contributed by atoms with Gasteiger partial charge in [0, 0.05) is 17.9 Å². The van der Waals surface area contributed by atoms with Gasteiger partial charge < -0.3 is 9.30 Å². The standard InChI is InChI=1S/C16H11FN2O3/c1-3-22-16(21)14-13-6-9(2)15(20)11-7-10(17)4-5-12(11)19(13)8-18-14/h1,4-5,7-9H,6H2,2H3. The first kappa shape index (κ1) is 14.0. The number of aromatic nitrogens is 2. The molecule has 0 spiro atoms. The van der Waals surface area contributed by atoms with Gasteiger partial charge in [0.25, 0.3) is 0 Å². The zero-order valence-electron chi connectivity index (χ0n) is 11.7. The van der Waals surface area contributed by atoms with Crippen molar-refractivity contribution in [1.82, 2.24) is 9.55 Å². The van der Waals surface area contributed by atoms with E-state index in [1.807, 2.05) is 6.11 Å². The molecule has 0 radical (unpaired) electrons. The third-order valence-corrected chi connectivity index (χ3v) is 3.64. The van der Waals surface area contributed by atoms with Crippen LogP contribution in [0.5, 0.6) is 0 Å². The van der Waals surface area contributed by atoms with Crippen LogP contribution < -0.4 is 0 Å². The third-order valence-electron chi connectivity index (χ3n) is 3.64. The largest absolute Gasteiger partial charge is 0.372 e. The molecule has 0 saturated heterocycles. The van der Waals surface area contributed by atoms with Gasteiger partial charge in [-0.3, -0.25) is 4.79 Å². The van der Waals surface area contributed by atoms with Crippen molar-refractivity contribution in [2.75, 3.05) is 0 Å². The molecular formula is C16H11FN2O3. The summed E-state index contributed by atoms with van der Waals surface area (Å²) in [5.41, 5.74) is 1.33. The van der Waals surface area contributed by atoms with Gasteiger partial charge in [-0.15, -0.1) is 0 Å².